The first-order chi connectivity index (χ1) is 27.2. The number of carbonyl (C=O) groups excluding carboxylic acids is 2. The van der Waals surface area contributed by atoms with Gasteiger partial charge in [0.25, 0.3) is 11.8 Å². The molecule has 15 nitrogen and oxygen atoms in total. The molecule has 0 aliphatic carbocycles. The highest BCUT2D eigenvalue weighted by atomic mass is 32.2. The van der Waals surface area contributed by atoms with Gasteiger partial charge in [-0.1, -0.05) is 108 Å². The van der Waals surface area contributed by atoms with Crippen LogP contribution in [0.15, 0.2) is 118 Å². The molecule has 288 valence electrons. The van der Waals surface area contributed by atoms with E-state index in [0.29, 0.717) is 15.9 Å². The van der Waals surface area contributed by atoms with Gasteiger partial charge in [0.15, 0.2) is 10.8 Å². The minimum atomic E-state index is -3.36. The Morgan fingerprint density at radius 3 is 2.21 bits per heavy atom. The molecular weight excluding hydrogens is 789 g/mol. The summed E-state index contributed by atoms with van der Waals surface area (Å²) < 4.78 is 28.0. The van der Waals surface area contributed by atoms with Crippen LogP contribution in [0.4, 0.5) is 13.9 Å². The normalized spacial score (nSPS) is 17.0. The van der Waals surface area contributed by atoms with Crippen molar-refractivity contribution in [1.29, 1.82) is 0 Å². The minimum Gasteiger partial charge on any atom is -0.477 e. The largest absolute Gasteiger partial charge is 0.477 e. The van der Waals surface area contributed by atoms with Gasteiger partial charge in [0, 0.05) is 16.9 Å². The highest BCUT2D eigenvalue weighted by Gasteiger charge is 2.54. The zero-order chi connectivity index (χ0) is 39.2. The Labute approximate surface area is 329 Å². The number of carboxylic acid groups (broad SMARTS) is 1. The molecule has 0 bridgehead atoms. The fraction of sp³-hybridized carbons (Fsp3) is 0.222. The van der Waals surface area contributed by atoms with E-state index in [2.05, 4.69) is 41.1 Å². The van der Waals surface area contributed by atoms with Gasteiger partial charge in [-0.3, -0.25) is 14.5 Å². The second-order valence-corrected chi connectivity index (χ2v) is 15.0. The molecule has 4 heterocycles. The number of aliphatic hydroxyl groups is 1. The number of carboxylic acids is 1. The van der Waals surface area contributed by atoms with Crippen LogP contribution in [-0.4, -0.2) is 99.9 Å². The van der Waals surface area contributed by atoms with Gasteiger partial charge in [-0.25, -0.2) is 14.5 Å². The molecule has 1 saturated heterocycles. The van der Waals surface area contributed by atoms with Crippen LogP contribution >= 0.6 is 34.9 Å². The van der Waals surface area contributed by atoms with E-state index in [1.54, 1.807) is 0 Å². The molecule has 2 unspecified atom stereocenters. The Morgan fingerprint density at radius 1 is 1.02 bits per heavy atom. The number of thiazole rings is 1. The third kappa shape index (κ3) is 7.72. The molecule has 1 fully saturated rings. The van der Waals surface area contributed by atoms with Gasteiger partial charge in [0.05, 0.1) is 13.2 Å². The summed E-state index contributed by atoms with van der Waals surface area (Å²) in [7, 11) is 0. The molecule has 2 aromatic heterocycles. The van der Waals surface area contributed by atoms with Crippen molar-refractivity contribution in [2.45, 2.75) is 35.3 Å². The molecule has 0 spiro atoms. The number of aliphatic carboxylic acids is 1. The lowest BCUT2D eigenvalue weighted by Crippen LogP contribution is -2.71. The maximum absolute atomic E-state index is 13.8. The van der Waals surface area contributed by atoms with Crippen molar-refractivity contribution in [3.8, 4) is 0 Å². The number of carbonyl (C=O) groups is 3. The van der Waals surface area contributed by atoms with Gasteiger partial charge >= 0.3 is 12.6 Å². The van der Waals surface area contributed by atoms with Gasteiger partial charge in [-0.05, 0) is 32.7 Å². The summed E-state index contributed by atoms with van der Waals surface area (Å²) in [5.41, 5.74) is 1.11. The van der Waals surface area contributed by atoms with Crippen LogP contribution in [0.3, 0.4) is 0 Å². The zero-order valence-corrected chi connectivity index (χ0v) is 31.4. The number of tetrazole rings is 1. The van der Waals surface area contributed by atoms with Crippen LogP contribution in [-0.2, 0) is 31.3 Å². The van der Waals surface area contributed by atoms with Crippen molar-refractivity contribution < 1.29 is 38.2 Å². The van der Waals surface area contributed by atoms with E-state index in [1.807, 2.05) is 91.0 Å². The topological polar surface area (TPSA) is 197 Å². The fourth-order valence-electron chi connectivity index (χ4n) is 6.37. The van der Waals surface area contributed by atoms with E-state index in [1.165, 1.54) is 21.8 Å². The van der Waals surface area contributed by atoms with Crippen LogP contribution in [0.2, 0.25) is 0 Å². The average molecular weight is 820 g/mol. The summed E-state index contributed by atoms with van der Waals surface area (Å²) in [5.74, 6) is -2.75. The SMILES string of the molecule is O=C(O)C1=C(CSc2nnnn2CCO)CSC2C(NC(=O)/C(=N\OC(F)F)c3csc(NC(c4ccccc4)(c4ccccc4)c4ccccc4)n3)C(=O)N12. The van der Waals surface area contributed by atoms with Crippen LogP contribution in [0.5, 0.6) is 0 Å². The smallest absolute Gasteiger partial charge is 0.407 e. The maximum Gasteiger partial charge on any atom is 0.407 e. The lowest BCUT2D eigenvalue weighted by atomic mass is 9.77. The average Bonchev–Trinajstić information content (AvgIpc) is 3.88. The van der Waals surface area contributed by atoms with E-state index in [0.717, 1.165) is 44.7 Å². The third-order valence-corrected chi connectivity index (χ3v) is 12.0. The maximum atomic E-state index is 13.8. The number of nitrogens with one attached hydrogen (secondary N) is 2. The summed E-state index contributed by atoms with van der Waals surface area (Å²) in [5, 5.41) is 41.5. The molecule has 4 N–H and O–H groups in total. The molecule has 2 aliphatic heterocycles. The summed E-state index contributed by atoms with van der Waals surface area (Å²) in [6.07, 6.45) is 0. The number of amides is 2. The van der Waals surface area contributed by atoms with Gasteiger partial charge in [-0.15, -0.1) is 28.2 Å². The first-order valence-electron chi connectivity index (χ1n) is 16.8. The summed E-state index contributed by atoms with van der Waals surface area (Å²) >= 11 is 3.47. The van der Waals surface area contributed by atoms with Crippen LogP contribution in [0.1, 0.15) is 22.4 Å². The van der Waals surface area contributed by atoms with E-state index < -0.39 is 47.1 Å². The van der Waals surface area contributed by atoms with E-state index in [4.69, 9.17) is 0 Å². The molecule has 5 aromatic rings. The van der Waals surface area contributed by atoms with Crippen molar-refractivity contribution in [3.63, 3.8) is 0 Å². The number of aromatic nitrogens is 5. The van der Waals surface area contributed by atoms with Crippen LogP contribution in [0.25, 0.3) is 0 Å². The highest BCUT2D eigenvalue weighted by Crippen LogP contribution is 2.43. The number of rotatable bonds is 16. The number of hydrogen-bond donors (Lipinski definition) is 4. The molecule has 2 amide bonds. The lowest BCUT2D eigenvalue weighted by Gasteiger charge is -2.49. The first kappa shape index (κ1) is 38.6. The number of halogens is 2. The quantitative estimate of drug-likeness (QED) is 0.0367. The summed E-state index contributed by atoms with van der Waals surface area (Å²) in [4.78, 5) is 49.6. The number of oxime groups is 1. The number of anilines is 1. The van der Waals surface area contributed by atoms with Gasteiger partial charge in [0.2, 0.25) is 5.16 Å². The fourth-order valence-corrected chi connectivity index (χ4v) is 9.51. The molecule has 3 aromatic carbocycles. The molecular formula is C36H31F2N9O6S3. The predicted molar refractivity (Wildman–Crippen MR) is 204 cm³/mol. The second-order valence-electron chi connectivity index (χ2n) is 12.1. The number of aliphatic hydroxyl groups excluding tert-OH is 1. The van der Waals surface area contributed by atoms with Gasteiger partial charge < -0.3 is 25.7 Å². The van der Waals surface area contributed by atoms with Crippen LogP contribution < -0.4 is 10.6 Å². The third-order valence-electron chi connectivity index (χ3n) is 8.82. The van der Waals surface area contributed by atoms with Crippen molar-refractivity contribution in [1.82, 2.24) is 35.4 Å². The van der Waals surface area contributed by atoms with E-state index >= 15 is 0 Å². The Bertz CT molecular complexity index is 2160. The van der Waals surface area contributed by atoms with Crippen LogP contribution in [0, 0.1) is 0 Å². The first-order valence-corrected chi connectivity index (χ1v) is 19.8. The lowest BCUT2D eigenvalue weighted by molar-refractivity contribution is -0.150. The van der Waals surface area contributed by atoms with Crippen molar-refractivity contribution >= 4 is 63.5 Å². The number of alkyl halides is 2. The number of benzene rings is 3. The number of thioether (sulfide) groups is 2. The number of β-lactam (4-membered cyclic amide) rings is 1. The Hall–Kier alpha value is -5.70. The molecule has 20 heteroatoms. The number of nitrogens with zero attached hydrogens (tertiary/aromatic N) is 7. The standard InChI is InChI=1S/C36H31F2N9O6S3/c37-33(38)53-43-26(29(49)40-27-30(50)47-28(32(51)52)21(18-54-31(27)47)19-56-35-42-44-45-46(35)16-17-48)25-20-55-34(39-25)41-36(22-10-4-1-5-11-22,23-12-6-2-7-13-23)24-14-8-3-9-15-24/h1-15,20,27,31,33,48H,16-19H2,(H,39,41)(H,40,49)(H,51,52)/b43-26-. The number of hydrogen-bond acceptors (Lipinski definition) is 14. The molecule has 0 radical (unpaired) electrons. The summed E-state index contributed by atoms with van der Waals surface area (Å²) in [6, 6.07) is 27.8. The zero-order valence-electron chi connectivity index (χ0n) is 28.9. The van der Waals surface area contributed by atoms with Crippen molar-refractivity contribution in [2.24, 2.45) is 5.16 Å². The monoisotopic (exact) mass is 819 g/mol. The second kappa shape index (κ2) is 17.0. The molecule has 2 aliphatic rings. The molecule has 0 saturated carbocycles. The minimum absolute atomic E-state index is 0.104. The van der Waals surface area contributed by atoms with Crippen molar-refractivity contribution in [2.75, 3.05) is 23.4 Å². The molecule has 56 heavy (non-hydrogen) atoms. The summed E-state index contributed by atoms with van der Waals surface area (Å²) in [6.45, 7) is -3.42. The Kier molecular flexibility index (Phi) is 11.7. The predicted octanol–water partition coefficient (Wildman–Crippen LogP) is 4.00. The molecule has 2 atom stereocenters. The number of fused-ring (bicyclic) bond motifs is 1. The highest BCUT2D eigenvalue weighted by molar-refractivity contribution is 8.01. The van der Waals surface area contributed by atoms with Gasteiger partial charge in [-0.2, -0.15) is 8.78 Å². The Balaban J connectivity index is 1.14. The Morgan fingerprint density at radius 2 is 1.64 bits per heavy atom. The van der Waals surface area contributed by atoms with E-state index in [-0.39, 0.29) is 36.0 Å². The van der Waals surface area contributed by atoms with Gasteiger partial charge in [0.1, 0.15) is 28.3 Å². The van der Waals surface area contributed by atoms with E-state index in [9.17, 15) is 33.4 Å². The molecule has 7 rings (SSSR count). The van der Waals surface area contributed by atoms with Crippen molar-refractivity contribution in [3.05, 3.63) is 130 Å².